The second-order valence-electron chi connectivity index (χ2n) is 4.43. The predicted molar refractivity (Wildman–Crippen MR) is 75.5 cm³/mol. The van der Waals surface area contributed by atoms with Crippen molar-refractivity contribution in [2.45, 2.75) is 18.9 Å². The first kappa shape index (κ1) is 15.1. The first-order valence-electron chi connectivity index (χ1n) is 5.82. The summed E-state index contributed by atoms with van der Waals surface area (Å²) in [5.41, 5.74) is 0.217. The quantitative estimate of drug-likeness (QED) is 0.860. The molecule has 2 rings (SSSR count). The molecule has 2 amide bonds. The largest absolute Gasteiger partial charge is 0.480 e. The van der Waals surface area contributed by atoms with Gasteiger partial charge in [-0.15, -0.1) is 0 Å². The Balaban J connectivity index is 2.16. The van der Waals surface area contributed by atoms with Crippen LogP contribution < -0.4 is 5.32 Å². The molecule has 108 valence electrons. The van der Waals surface area contributed by atoms with Crippen LogP contribution >= 0.6 is 27.5 Å². The third-order valence-corrected chi connectivity index (χ3v) is 3.72. The van der Waals surface area contributed by atoms with Crippen molar-refractivity contribution < 1.29 is 19.1 Å². The minimum absolute atomic E-state index is 0.0382. The van der Waals surface area contributed by atoms with Crippen LogP contribution in [-0.2, 0) is 4.79 Å². The molecule has 1 saturated carbocycles. The summed E-state index contributed by atoms with van der Waals surface area (Å²) in [6.07, 6.45) is 1.55. The number of halogens is 3. The van der Waals surface area contributed by atoms with Crippen molar-refractivity contribution in [2.24, 2.45) is 0 Å². The van der Waals surface area contributed by atoms with Crippen molar-refractivity contribution in [3.8, 4) is 0 Å². The minimum atomic E-state index is -1.09. The van der Waals surface area contributed by atoms with E-state index in [0.29, 0.717) is 4.47 Å². The van der Waals surface area contributed by atoms with Crippen molar-refractivity contribution in [3.05, 3.63) is 27.4 Å². The van der Waals surface area contributed by atoms with Crippen molar-refractivity contribution in [3.63, 3.8) is 0 Å². The summed E-state index contributed by atoms with van der Waals surface area (Å²) in [5.74, 6) is -1.62. The zero-order valence-corrected chi connectivity index (χ0v) is 12.5. The number of amides is 2. The van der Waals surface area contributed by atoms with Crippen LogP contribution in [0, 0.1) is 5.82 Å². The van der Waals surface area contributed by atoms with E-state index in [-0.39, 0.29) is 23.3 Å². The molecule has 1 aromatic carbocycles. The highest BCUT2D eigenvalue weighted by molar-refractivity contribution is 9.10. The van der Waals surface area contributed by atoms with Gasteiger partial charge in [0.15, 0.2) is 0 Å². The van der Waals surface area contributed by atoms with Crippen LogP contribution in [0.25, 0.3) is 0 Å². The van der Waals surface area contributed by atoms with E-state index in [4.69, 9.17) is 16.7 Å². The van der Waals surface area contributed by atoms with E-state index in [0.717, 1.165) is 18.9 Å². The van der Waals surface area contributed by atoms with Gasteiger partial charge in [0.1, 0.15) is 12.4 Å². The third kappa shape index (κ3) is 3.61. The molecule has 1 aromatic rings. The van der Waals surface area contributed by atoms with Crippen molar-refractivity contribution >= 4 is 45.2 Å². The Morgan fingerprint density at radius 1 is 1.50 bits per heavy atom. The van der Waals surface area contributed by atoms with Gasteiger partial charge in [-0.3, -0.25) is 4.79 Å². The average molecular weight is 366 g/mol. The van der Waals surface area contributed by atoms with Crippen molar-refractivity contribution in [2.75, 3.05) is 11.9 Å². The lowest BCUT2D eigenvalue weighted by Crippen LogP contribution is -2.40. The minimum Gasteiger partial charge on any atom is -0.480 e. The number of carboxylic acid groups (broad SMARTS) is 1. The van der Waals surface area contributed by atoms with Crippen LogP contribution in [0.2, 0.25) is 5.02 Å². The van der Waals surface area contributed by atoms with Crippen molar-refractivity contribution in [1.82, 2.24) is 4.90 Å². The first-order valence-corrected chi connectivity index (χ1v) is 6.99. The Hall–Kier alpha value is -1.34. The molecule has 0 aliphatic heterocycles. The molecule has 0 spiro atoms. The Labute approximate surface area is 127 Å². The lowest BCUT2D eigenvalue weighted by molar-refractivity contribution is -0.137. The summed E-state index contributed by atoms with van der Waals surface area (Å²) in [6.45, 7) is -0.382. The molecule has 5 nitrogen and oxygen atoms in total. The summed E-state index contributed by atoms with van der Waals surface area (Å²) in [4.78, 5) is 24.1. The number of anilines is 1. The molecule has 1 aliphatic rings. The number of urea groups is 1. The number of benzene rings is 1. The number of nitrogens with one attached hydrogen (secondary N) is 1. The predicted octanol–water partition coefficient (Wildman–Crippen LogP) is 3.32. The highest BCUT2D eigenvalue weighted by atomic mass is 79.9. The Morgan fingerprint density at radius 3 is 2.65 bits per heavy atom. The molecule has 8 heteroatoms. The van der Waals surface area contributed by atoms with E-state index in [2.05, 4.69) is 21.2 Å². The molecule has 0 saturated heterocycles. The van der Waals surface area contributed by atoms with Gasteiger partial charge < -0.3 is 15.3 Å². The summed E-state index contributed by atoms with van der Waals surface area (Å²) >= 11 is 8.97. The molecule has 0 atom stereocenters. The fourth-order valence-electron chi connectivity index (χ4n) is 1.74. The molecule has 20 heavy (non-hydrogen) atoms. The zero-order chi connectivity index (χ0) is 14.9. The fraction of sp³-hybridized carbons (Fsp3) is 0.333. The monoisotopic (exact) mass is 364 g/mol. The standard InChI is InChI=1S/C12H11BrClFN2O3/c13-8-3-6(15)4-9(14)11(8)16-12(20)17(5-10(18)19)7-1-2-7/h3-4,7H,1-2,5H2,(H,16,20)(H,18,19). The van der Waals surface area contributed by atoms with E-state index in [1.807, 2.05) is 0 Å². The number of carbonyl (C=O) groups excluding carboxylic acids is 1. The molecule has 0 aromatic heterocycles. The lowest BCUT2D eigenvalue weighted by Gasteiger charge is -2.21. The fourth-order valence-corrected chi connectivity index (χ4v) is 2.64. The highest BCUT2D eigenvalue weighted by Gasteiger charge is 2.34. The van der Waals surface area contributed by atoms with Crippen molar-refractivity contribution in [1.29, 1.82) is 0 Å². The second kappa shape index (κ2) is 5.97. The van der Waals surface area contributed by atoms with Crippen LogP contribution in [0.5, 0.6) is 0 Å². The van der Waals surface area contributed by atoms with E-state index in [9.17, 15) is 14.0 Å². The summed E-state index contributed by atoms with van der Waals surface area (Å²) in [6, 6.07) is 1.61. The number of nitrogens with zero attached hydrogens (tertiary/aromatic N) is 1. The average Bonchev–Trinajstić information content (AvgIpc) is 3.14. The zero-order valence-electron chi connectivity index (χ0n) is 10.2. The maximum atomic E-state index is 13.1. The smallest absolute Gasteiger partial charge is 0.323 e. The number of rotatable bonds is 4. The Kier molecular flexibility index (Phi) is 4.49. The molecule has 1 fully saturated rings. The molecular weight excluding hydrogens is 354 g/mol. The molecule has 0 unspecified atom stereocenters. The maximum Gasteiger partial charge on any atom is 0.323 e. The highest BCUT2D eigenvalue weighted by Crippen LogP contribution is 2.33. The number of carboxylic acids is 1. The van der Waals surface area contributed by atoms with Gasteiger partial charge in [-0.1, -0.05) is 11.6 Å². The lowest BCUT2D eigenvalue weighted by atomic mass is 10.3. The summed E-state index contributed by atoms with van der Waals surface area (Å²) in [7, 11) is 0. The van der Waals surface area contributed by atoms with E-state index < -0.39 is 17.8 Å². The topological polar surface area (TPSA) is 69.6 Å². The summed E-state index contributed by atoms with van der Waals surface area (Å²) in [5, 5.41) is 11.4. The first-order chi connectivity index (χ1) is 9.38. The molecule has 0 heterocycles. The van der Waals surface area contributed by atoms with E-state index in [1.165, 1.54) is 11.0 Å². The molecule has 0 bridgehead atoms. The normalized spacial score (nSPS) is 13.9. The SMILES string of the molecule is O=C(O)CN(C(=O)Nc1c(Cl)cc(F)cc1Br)C1CC1. The van der Waals surface area contributed by atoms with E-state index in [1.54, 1.807) is 0 Å². The van der Waals surface area contributed by atoms with Gasteiger partial charge in [-0.25, -0.2) is 9.18 Å². The Morgan fingerprint density at radius 2 is 2.15 bits per heavy atom. The van der Waals surface area contributed by atoms with Gasteiger partial charge in [0.25, 0.3) is 0 Å². The second-order valence-corrected chi connectivity index (χ2v) is 5.69. The van der Waals surface area contributed by atoms with Crippen LogP contribution in [0.15, 0.2) is 16.6 Å². The van der Waals surface area contributed by atoms with Gasteiger partial charge in [0.05, 0.1) is 10.7 Å². The van der Waals surface area contributed by atoms with Crippen LogP contribution in [0.1, 0.15) is 12.8 Å². The summed E-state index contributed by atoms with van der Waals surface area (Å²) < 4.78 is 13.4. The molecule has 0 radical (unpaired) electrons. The van der Waals surface area contributed by atoms with Crippen LogP contribution in [0.3, 0.4) is 0 Å². The number of aliphatic carboxylic acids is 1. The number of hydrogen-bond acceptors (Lipinski definition) is 2. The molecule has 2 N–H and O–H groups in total. The van der Waals surface area contributed by atoms with Crippen LogP contribution in [0.4, 0.5) is 14.9 Å². The number of carbonyl (C=O) groups is 2. The van der Waals surface area contributed by atoms with E-state index >= 15 is 0 Å². The molecule has 1 aliphatic carbocycles. The third-order valence-electron chi connectivity index (χ3n) is 2.79. The van der Waals surface area contributed by atoms with Gasteiger partial charge >= 0.3 is 12.0 Å². The van der Waals surface area contributed by atoms with Gasteiger partial charge in [0, 0.05) is 10.5 Å². The van der Waals surface area contributed by atoms with Gasteiger partial charge in [-0.2, -0.15) is 0 Å². The van der Waals surface area contributed by atoms with Gasteiger partial charge in [-0.05, 0) is 40.9 Å². The number of hydrogen-bond donors (Lipinski definition) is 2. The Bertz CT molecular complexity index is 543. The maximum absolute atomic E-state index is 13.1. The van der Waals surface area contributed by atoms with Crippen LogP contribution in [-0.4, -0.2) is 34.6 Å². The molecular formula is C12H11BrClFN2O3. The van der Waals surface area contributed by atoms with Gasteiger partial charge in [0.2, 0.25) is 0 Å².